The average Bonchev–Trinajstić information content (AvgIpc) is 2.81. The summed E-state index contributed by atoms with van der Waals surface area (Å²) in [7, 11) is 0. The van der Waals surface area contributed by atoms with Crippen molar-refractivity contribution in [3.63, 3.8) is 0 Å². The van der Waals surface area contributed by atoms with Gasteiger partial charge in [-0.25, -0.2) is 9.78 Å². The smallest absolute Gasteiger partial charge is 0.323 e. The number of anilines is 3. The summed E-state index contributed by atoms with van der Waals surface area (Å²) in [6, 6.07) is 31.1. The number of rotatable bonds is 7. The summed E-state index contributed by atoms with van der Waals surface area (Å²) >= 11 is 5.99. The molecule has 0 saturated carbocycles. The summed E-state index contributed by atoms with van der Waals surface area (Å²) < 4.78 is 0. The van der Waals surface area contributed by atoms with Gasteiger partial charge in [-0.15, -0.1) is 0 Å². The van der Waals surface area contributed by atoms with Crippen LogP contribution >= 0.6 is 11.6 Å². The third-order valence-corrected chi connectivity index (χ3v) is 5.39. The normalized spacial score (nSPS) is 10.5. The van der Waals surface area contributed by atoms with E-state index in [9.17, 15) is 4.79 Å². The molecule has 166 valence electrons. The fourth-order valence-electron chi connectivity index (χ4n) is 3.53. The van der Waals surface area contributed by atoms with Gasteiger partial charge in [0.2, 0.25) is 0 Å². The maximum Gasteiger partial charge on any atom is 0.323 e. The molecule has 5 nitrogen and oxygen atoms in total. The second kappa shape index (κ2) is 10.7. The molecule has 2 amide bonds. The van der Waals surface area contributed by atoms with Gasteiger partial charge in [0, 0.05) is 23.8 Å². The third kappa shape index (κ3) is 6.34. The predicted molar refractivity (Wildman–Crippen MR) is 136 cm³/mol. The third-order valence-electron chi connectivity index (χ3n) is 5.16. The SMILES string of the molecule is Cc1nc(N(Cc2ccccc2)Cc2ccccc2)ccc1NC(=O)Nc1cccc(Cl)c1. The maximum absolute atomic E-state index is 12.4. The van der Waals surface area contributed by atoms with Crippen molar-refractivity contribution in [2.24, 2.45) is 0 Å². The lowest BCUT2D eigenvalue weighted by molar-refractivity contribution is 0.262. The second-order valence-corrected chi connectivity index (χ2v) is 8.16. The van der Waals surface area contributed by atoms with Crippen LogP contribution in [0.5, 0.6) is 0 Å². The van der Waals surface area contributed by atoms with E-state index in [1.807, 2.05) is 55.5 Å². The molecule has 33 heavy (non-hydrogen) atoms. The Balaban J connectivity index is 1.51. The van der Waals surface area contributed by atoms with E-state index < -0.39 is 0 Å². The Labute approximate surface area is 199 Å². The first-order valence-electron chi connectivity index (χ1n) is 10.7. The molecule has 1 aromatic heterocycles. The first kappa shape index (κ1) is 22.4. The first-order valence-corrected chi connectivity index (χ1v) is 11.1. The van der Waals surface area contributed by atoms with Crippen LogP contribution in [-0.2, 0) is 13.1 Å². The van der Waals surface area contributed by atoms with Crippen molar-refractivity contribution in [2.45, 2.75) is 20.0 Å². The monoisotopic (exact) mass is 456 g/mol. The lowest BCUT2D eigenvalue weighted by Gasteiger charge is -2.25. The van der Waals surface area contributed by atoms with Gasteiger partial charge in [-0.3, -0.25) is 0 Å². The molecule has 0 aliphatic heterocycles. The quantitative estimate of drug-likeness (QED) is 0.318. The van der Waals surface area contributed by atoms with Crippen molar-refractivity contribution in [1.82, 2.24) is 4.98 Å². The molecule has 2 N–H and O–H groups in total. The zero-order valence-electron chi connectivity index (χ0n) is 18.3. The summed E-state index contributed by atoms with van der Waals surface area (Å²) in [5.41, 5.74) is 4.42. The van der Waals surface area contributed by atoms with E-state index in [1.54, 1.807) is 24.3 Å². The van der Waals surface area contributed by atoms with Crippen LogP contribution in [0, 0.1) is 6.92 Å². The van der Waals surface area contributed by atoms with Crippen LogP contribution in [0.1, 0.15) is 16.8 Å². The first-order chi connectivity index (χ1) is 16.1. The molecule has 0 atom stereocenters. The molecule has 0 radical (unpaired) electrons. The number of hydrogen-bond acceptors (Lipinski definition) is 3. The number of pyridine rings is 1. The molecular formula is C27H25ClN4O. The average molecular weight is 457 g/mol. The van der Waals surface area contributed by atoms with Gasteiger partial charge < -0.3 is 15.5 Å². The molecule has 0 saturated heterocycles. The minimum absolute atomic E-state index is 0.347. The van der Waals surface area contributed by atoms with Gasteiger partial charge in [0.05, 0.1) is 11.4 Å². The predicted octanol–water partition coefficient (Wildman–Crippen LogP) is 6.89. The Hall–Kier alpha value is -3.83. The van der Waals surface area contributed by atoms with E-state index in [0.29, 0.717) is 16.4 Å². The van der Waals surface area contributed by atoms with E-state index in [-0.39, 0.29) is 6.03 Å². The number of aryl methyl sites for hydroxylation is 1. The van der Waals surface area contributed by atoms with E-state index in [2.05, 4.69) is 39.8 Å². The lowest BCUT2D eigenvalue weighted by Crippen LogP contribution is -2.24. The number of amides is 2. The Morgan fingerprint density at radius 3 is 2.03 bits per heavy atom. The van der Waals surface area contributed by atoms with Crippen LogP contribution in [0.2, 0.25) is 5.02 Å². The maximum atomic E-state index is 12.4. The van der Waals surface area contributed by atoms with Crippen molar-refractivity contribution in [2.75, 3.05) is 15.5 Å². The van der Waals surface area contributed by atoms with Gasteiger partial charge in [0.1, 0.15) is 5.82 Å². The Morgan fingerprint density at radius 1 is 0.818 bits per heavy atom. The Bertz CT molecular complexity index is 1170. The molecule has 1 heterocycles. The fourth-order valence-corrected chi connectivity index (χ4v) is 3.72. The number of nitrogens with one attached hydrogen (secondary N) is 2. The zero-order chi connectivity index (χ0) is 23.0. The zero-order valence-corrected chi connectivity index (χ0v) is 19.1. The van der Waals surface area contributed by atoms with Crippen molar-refractivity contribution >= 4 is 34.8 Å². The largest absolute Gasteiger partial charge is 0.348 e. The molecule has 0 aliphatic rings. The Morgan fingerprint density at radius 2 is 1.45 bits per heavy atom. The van der Waals surface area contributed by atoms with Crippen LogP contribution in [0.15, 0.2) is 97.1 Å². The van der Waals surface area contributed by atoms with Crippen molar-refractivity contribution in [3.8, 4) is 0 Å². The molecule has 4 rings (SSSR count). The Kier molecular flexibility index (Phi) is 7.22. The minimum atomic E-state index is -0.347. The molecular weight excluding hydrogens is 432 g/mol. The van der Waals surface area contributed by atoms with Crippen molar-refractivity contribution < 1.29 is 4.79 Å². The lowest BCUT2D eigenvalue weighted by atomic mass is 10.1. The van der Waals surface area contributed by atoms with Crippen LogP contribution in [0.3, 0.4) is 0 Å². The molecule has 0 spiro atoms. The van der Waals surface area contributed by atoms with Gasteiger partial charge in [0.25, 0.3) is 0 Å². The summed E-state index contributed by atoms with van der Waals surface area (Å²) in [5.74, 6) is 0.848. The summed E-state index contributed by atoms with van der Waals surface area (Å²) in [4.78, 5) is 19.5. The molecule has 0 aliphatic carbocycles. The molecule has 3 aromatic carbocycles. The topological polar surface area (TPSA) is 57.3 Å². The van der Waals surface area contributed by atoms with Crippen molar-refractivity contribution in [3.05, 3.63) is 119 Å². The number of aromatic nitrogens is 1. The number of halogens is 1. The highest BCUT2D eigenvalue weighted by molar-refractivity contribution is 6.30. The number of carbonyl (C=O) groups is 1. The number of hydrogen-bond donors (Lipinski definition) is 2. The second-order valence-electron chi connectivity index (χ2n) is 7.72. The van der Waals surface area contributed by atoms with Crippen LogP contribution < -0.4 is 15.5 Å². The van der Waals surface area contributed by atoms with Crippen LogP contribution in [-0.4, -0.2) is 11.0 Å². The van der Waals surface area contributed by atoms with Crippen LogP contribution in [0.4, 0.5) is 22.0 Å². The highest BCUT2D eigenvalue weighted by atomic mass is 35.5. The number of benzene rings is 3. The summed E-state index contributed by atoms with van der Waals surface area (Å²) in [5, 5.41) is 6.22. The number of urea groups is 1. The van der Waals surface area contributed by atoms with E-state index >= 15 is 0 Å². The van der Waals surface area contributed by atoms with Gasteiger partial charge in [-0.05, 0) is 48.4 Å². The molecule has 0 bridgehead atoms. The molecule has 0 unspecified atom stereocenters. The summed E-state index contributed by atoms with van der Waals surface area (Å²) in [6.07, 6.45) is 0. The number of nitrogens with zero attached hydrogens (tertiary/aromatic N) is 2. The standard InChI is InChI=1S/C27H25ClN4O/c1-20-25(31-27(33)30-24-14-8-13-23(28)17-24)15-16-26(29-20)32(18-21-9-4-2-5-10-21)19-22-11-6-3-7-12-22/h2-17H,18-19H2,1H3,(H2,30,31,33). The minimum Gasteiger partial charge on any atom is -0.348 e. The fraction of sp³-hybridized carbons (Fsp3) is 0.111. The summed E-state index contributed by atoms with van der Waals surface area (Å²) in [6.45, 7) is 3.34. The van der Waals surface area contributed by atoms with Gasteiger partial charge in [-0.1, -0.05) is 78.3 Å². The van der Waals surface area contributed by atoms with Gasteiger partial charge >= 0.3 is 6.03 Å². The highest BCUT2D eigenvalue weighted by Gasteiger charge is 2.13. The number of carbonyl (C=O) groups excluding carboxylic acids is 1. The van der Waals surface area contributed by atoms with E-state index in [0.717, 1.165) is 24.6 Å². The molecule has 0 fully saturated rings. The molecule has 4 aromatic rings. The highest BCUT2D eigenvalue weighted by Crippen LogP contribution is 2.23. The van der Waals surface area contributed by atoms with Crippen molar-refractivity contribution in [1.29, 1.82) is 0 Å². The van der Waals surface area contributed by atoms with Gasteiger partial charge in [0.15, 0.2) is 0 Å². The van der Waals surface area contributed by atoms with E-state index in [4.69, 9.17) is 16.6 Å². The molecule has 6 heteroatoms. The van der Waals surface area contributed by atoms with Gasteiger partial charge in [-0.2, -0.15) is 0 Å². The van der Waals surface area contributed by atoms with Crippen LogP contribution in [0.25, 0.3) is 0 Å². The van der Waals surface area contributed by atoms with E-state index in [1.165, 1.54) is 11.1 Å².